The summed E-state index contributed by atoms with van der Waals surface area (Å²) in [6, 6.07) is 9.15. The summed E-state index contributed by atoms with van der Waals surface area (Å²) in [5.74, 6) is 0.305. The molecule has 1 unspecified atom stereocenters. The molecule has 1 aromatic carbocycles. The van der Waals surface area contributed by atoms with E-state index in [1.54, 1.807) is 25.3 Å². The van der Waals surface area contributed by atoms with Crippen LogP contribution in [0.3, 0.4) is 0 Å². The van der Waals surface area contributed by atoms with Gasteiger partial charge in [0.25, 0.3) is 0 Å². The molecule has 0 saturated heterocycles. The van der Waals surface area contributed by atoms with Crippen molar-refractivity contribution in [1.82, 2.24) is 10.3 Å². The average molecular weight is 362 g/mol. The van der Waals surface area contributed by atoms with Gasteiger partial charge in [0, 0.05) is 25.4 Å². The van der Waals surface area contributed by atoms with Gasteiger partial charge in [-0.05, 0) is 49.7 Å². The highest BCUT2D eigenvalue weighted by Crippen LogP contribution is 2.20. The van der Waals surface area contributed by atoms with Crippen molar-refractivity contribution in [2.24, 2.45) is 0 Å². The number of nitrogens with one attached hydrogen (secondary N) is 1. The van der Waals surface area contributed by atoms with E-state index in [1.807, 2.05) is 6.92 Å². The quantitative estimate of drug-likeness (QED) is 0.658. The van der Waals surface area contributed by atoms with Crippen molar-refractivity contribution in [3.63, 3.8) is 0 Å². The number of aromatic nitrogens is 1. The van der Waals surface area contributed by atoms with Gasteiger partial charge in [0.2, 0.25) is 11.8 Å². The van der Waals surface area contributed by atoms with Gasteiger partial charge < -0.3 is 19.5 Å². The number of nitrogens with zero attached hydrogens (tertiary/aromatic N) is 1. The smallest absolute Gasteiger partial charge is 0.249 e. The number of hydrogen-bond donors (Lipinski definition) is 1. The van der Waals surface area contributed by atoms with E-state index in [-0.39, 0.29) is 11.7 Å². The summed E-state index contributed by atoms with van der Waals surface area (Å²) in [7, 11) is 0. The number of amides is 1. The third-order valence-electron chi connectivity index (χ3n) is 3.47. The maximum absolute atomic E-state index is 12.9. The lowest BCUT2D eigenvalue weighted by molar-refractivity contribution is -0.132. The third-order valence-corrected chi connectivity index (χ3v) is 3.47. The van der Waals surface area contributed by atoms with Crippen molar-refractivity contribution < 1.29 is 23.4 Å². The number of carbonyl (C=O) groups is 1. The fourth-order valence-electron chi connectivity index (χ4n) is 2.08. The number of hydrogen-bond acceptors (Lipinski definition) is 5. The molecule has 0 bridgehead atoms. The second kappa shape index (κ2) is 10.5. The van der Waals surface area contributed by atoms with E-state index >= 15 is 0 Å². The molecule has 1 N–H and O–H groups in total. The third kappa shape index (κ3) is 6.78. The van der Waals surface area contributed by atoms with Crippen LogP contribution in [0.25, 0.3) is 0 Å². The van der Waals surface area contributed by atoms with E-state index in [4.69, 9.17) is 14.2 Å². The van der Waals surface area contributed by atoms with E-state index in [0.717, 1.165) is 5.56 Å². The fraction of sp³-hybridized carbons (Fsp3) is 0.368. The molecule has 0 aliphatic carbocycles. The van der Waals surface area contributed by atoms with Gasteiger partial charge in [-0.25, -0.2) is 9.37 Å². The predicted octanol–water partition coefficient (Wildman–Crippen LogP) is 3.07. The highest BCUT2D eigenvalue weighted by Gasteiger charge is 2.13. The Morgan fingerprint density at radius 2 is 2.00 bits per heavy atom. The summed E-state index contributed by atoms with van der Waals surface area (Å²) in [6.07, 6.45) is 1.02. The molecule has 0 aliphatic heterocycles. The van der Waals surface area contributed by atoms with Crippen LogP contribution in [0.5, 0.6) is 11.6 Å². The van der Waals surface area contributed by atoms with Gasteiger partial charge in [0.1, 0.15) is 17.7 Å². The van der Waals surface area contributed by atoms with Crippen LogP contribution in [-0.2, 0) is 20.8 Å². The van der Waals surface area contributed by atoms with Gasteiger partial charge >= 0.3 is 0 Å². The van der Waals surface area contributed by atoms with Crippen molar-refractivity contribution in [2.75, 3.05) is 19.8 Å². The Hall–Kier alpha value is -2.51. The monoisotopic (exact) mass is 362 g/mol. The molecule has 2 rings (SSSR count). The van der Waals surface area contributed by atoms with Crippen LogP contribution in [0, 0.1) is 5.82 Å². The minimum absolute atomic E-state index is 0.209. The standard InChI is InChI=1S/C19H23FN2O4/c1-3-24-10-11-25-14(2)19(23)22-13-15-8-9-21-18(12-15)26-17-6-4-16(20)5-7-17/h4-9,12,14H,3,10-11,13H2,1-2H3,(H,22,23). The van der Waals surface area contributed by atoms with Crippen LogP contribution in [0.1, 0.15) is 19.4 Å². The van der Waals surface area contributed by atoms with Gasteiger partial charge in [0.05, 0.1) is 13.2 Å². The first-order valence-corrected chi connectivity index (χ1v) is 8.44. The summed E-state index contributed by atoms with van der Waals surface area (Å²) >= 11 is 0. The minimum Gasteiger partial charge on any atom is -0.439 e. The molecular weight excluding hydrogens is 339 g/mol. The van der Waals surface area contributed by atoms with E-state index in [0.29, 0.717) is 38.0 Å². The Kier molecular flexibility index (Phi) is 7.98. The highest BCUT2D eigenvalue weighted by molar-refractivity contribution is 5.80. The van der Waals surface area contributed by atoms with Crippen molar-refractivity contribution in [3.8, 4) is 11.6 Å². The minimum atomic E-state index is -0.563. The molecular formula is C19H23FN2O4. The summed E-state index contributed by atoms with van der Waals surface area (Å²) in [6.45, 7) is 5.36. The maximum atomic E-state index is 12.9. The van der Waals surface area contributed by atoms with Crippen LogP contribution >= 0.6 is 0 Å². The number of ether oxygens (including phenoxy) is 3. The molecule has 0 saturated carbocycles. The molecule has 2 aromatic rings. The van der Waals surface area contributed by atoms with Gasteiger partial charge in [-0.1, -0.05) is 0 Å². The summed E-state index contributed by atoms with van der Waals surface area (Å²) in [4.78, 5) is 16.1. The van der Waals surface area contributed by atoms with Crippen LogP contribution in [-0.4, -0.2) is 36.8 Å². The highest BCUT2D eigenvalue weighted by atomic mass is 19.1. The number of benzene rings is 1. The molecule has 0 aliphatic rings. The zero-order valence-corrected chi connectivity index (χ0v) is 14.9. The lowest BCUT2D eigenvalue weighted by Gasteiger charge is -2.13. The largest absolute Gasteiger partial charge is 0.439 e. The van der Waals surface area contributed by atoms with Gasteiger partial charge in [-0.15, -0.1) is 0 Å². The van der Waals surface area contributed by atoms with Gasteiger partial charge in [0.15, 0.2) is 0 Å². The molecule has 140 valence electrons. The normalized spacial score (nSPS) is 11.8. The molecule has 1 amide bonds. The second-order valence-electron chi connectivity index (χ2n) is 5.49. The summed E-state index contributed by atoms with van der Waals surface area (Å²) < 4.78 is 29.1. The molecule has 0 radical (unpaired) electrons. The molecule has 1 heterocycles. The lowest BCUT2D eigenvalue weighted by Crippen LogP contribution is -2.34. The first kappa shape index (κ1) is 19.8. The van der Waals surface area contributed by atoms with E-state index < -0.39 is 6.10 Å². The average Bonchev–Trinajstić information content (AvgIpc) is 2.65. The second-order valence-corrected chi connectivity index (χ2v) is 5.49. The zero-order chi connectivity index (χ0) is 18.8. The van der Waals surface area contributed by atoms with Gasteiger partial charge in [-0.2, -0.15) is 0 Å². The molecule has 0 fully saturated rings. The first-order chi connectivity index (χ1) is 12.6. The molecule has 7 heteroatoms. The Morgan fingerprint density at radius 3 is 2.73 bits per heavy atom. The Labute approximate surface area is 152 Å². The topological polar surface area (TPSA) is 69.7 Å². The Balaban J connectivity index is 1.82. The predicted molar refractivity (Wildman–Crippen MR) is 94.5 cm³/mol. The van der Waals surface area contributed by atoms with Crippen molar-refractivity contribution >= 4 is 5.91 Å². The van der Waals surface area contributed by atoms with E-state index in [9.17, 15) is 9.18 Å². The first-order valence-electron chi connectivity index (χ1n) is 8.44. The van der Waals surface area contributed by atoms with Crippen molar-refractivity contribution in [2.45, 2.75) is 26.5 Å². The Bertz CT molecular complexity index is 694. The number of pyridine rings is 1. The molecule has 26 heavy (non-hydrogen) atoms. The Morgan fingerprint density at radius 1 is 1.23 bits per heavy atom. The van der Waals surface area contributed by atoms with E-state index in [2.05, 4.69) is 10.3 Å². The van der Waals surface area contributed by atoms with Gasteiger partial charge in [-0.3, -0.25) is 4.79 Å². The SMILES string of the molecule is CCOCCOC(C)C(=O)NCc1ccnc(Oc2ccc(F)cc2)c1. The fourth-order valence-corrected chi connectivity index (χ4v) is 2.08. The van der Waals surface area contributed by atoms with Crippen molar-refractivity contribution in [3.05, 3.63) is 54.0 Å². The maximum Gasteiger partial charge on any atom is 0.249 e. The van der Waals surface area contributed by atoms with Crippen LogP contribution in [0.15, 0.2) is 42.6 Å². The van der Waals surface area contributed by atoms with Crippen LogP contribution in [0.4, 0.5) is 4.39 Å². The number of carbonyl (C=O) groups excluding carboxylic acids is 1. The number of halogens is 1. The summed E-state index contributed by atoms with van der Waals surface area (Å²) in [5, 5.41) is 2.80. The van der Waals surface area contributed by atoms with E-state index in [1.165, 1.54) is 24.3 Å². The molecule has 1 aromatic heterocycles. The number of rotatable bonds is 10. The summed E-state index contributed by atoms with van der Waals surface area (Å²) in [5.41, 5.74) is 0.826. The zero-order valence-electron chi connectivity index (χ0n) is 14.9. The molecule has 6 nitrogen and oxygen atoms in total. The van der Waals surface area contributed by atoms with Crippen LogP contribution < -0.4 is 10.1 Å². The van der Waals surface area contributed by atoms with Crippen molar-refractivity contribution in [1.29, 1.82) is 0 Å². The molecule has 0 spiro atoms. The molecule has 1 atom stereocenters. The lowest BCUT2D eigenvalue weighted by atomic mass is 10.2. The van der Waals surface area contributed by atoms with Crippen LogP contribution in [0.2, 0.25) is 0 Å².